The molecule has 0 radical (unpaired) electrons. The number of nitrogens with two attached hydrogens (primary N) is 1. The Hall–Kier alpha value is -3.04. The number of hydrogen-bond acceptors (Lipinski definition) is 8. The van der Waals surface area contributed by atoms with Crippen LogP contribution in [0.1, 0.15) is 6.92 Å². The third-order valence-electron chi connectivity index (χ3n) is 4.55. The summed E-state index contributed by atoms with van der Waals surface area (Å²) in [5, 5.41) is 7.89. The molecule has 0 spiro atoms. The predicted octanol–water partition coefficient (Wildman–Crippen LogP) is 1.93. The van der Waals surface area contributed by atoms with E-state index >= 15 is 0 Å². The van der Waals surface area contributed by atoms with Crippen molar-refractivity contribution < 1.29 is 4.74 Å². The third kappa shape index (κ3) is 3.41. The van der Waals surface area contributed by atoms with Gasteiger partial charge in [-0.3, -0.25) is 4.40 Å². The van der Waals surface area contributed by atoms with Crippen LogP contribution in [0.4, 0.5) is 5.82 Å². The van der Waals surface area contributed by atoms with Crippen LogP contribution in [0.25, 0.3) is 17.2 Å². The summed E-state index contributed by atoms with van der Waals surface area (Å²) in [5.74, 6) is 1.30. The first-order chi connectivity index (χ1) is 13.6. The zero-order valence-electron chi connectivity index (χ0n) is 15.2. The summed E-state index contributed by atoms with van der Waals surface area (Å²) in [4.78, 5) is 19.6. The molecular formula is C18H19ClN8O. The van der Waals surface area contributed by atoms with Crippen LogP contribution in [0.3, 0.4) is 0 Å². The Balaban J connectivity index is 1.68. The molecule has 1 saturated heterocycles. The first-order valence-electron chi connectivity index (χ1n) is 8.73. The summed E-state index contributed by atoms with van der Waals surface area (Å²) < 4.78 is 7.74. The van der Waals surface area contributed by atoms with Crippen molar-refractivity contribution in [2.24, 2.45) is 5.73 Å². The second-order valence-electron chi connectivity index (χ2n) is 6.47. The van der Waals surface area contributed by atoms with Gasteiger partial charge in [-0.15, -0.1) is 0 Å². The van der Waals surface area contributed by atoms with Crippen molar-refractivity contribution in [3.8, 4) is 11.5 Å². The average molecular weight is 399 g/mol. The Morgan fingerprint density at radius 3 is 2.96 bits per heavy atom. The van der Waals surface area contributed by atoms with Gasteiger partial charge in [0, 0.05) is 36.9 Å². The highest BCUT2D eigenvalue weighted by Gasteiger charge is 2.28. The van der Waals surface area contributed by atoms with Crippen molar-refractivity contribution in [2.75, 3.05) is 18.0 Å². The van der Waals surface area contributed by atoms with Crippen LogP contribution in [-0.2, 0) is 4.74 Å². The Labute approximate surface area is 166 Å². The van der Waals surface area contributed by atoms with Crippen molar-refractivity contribution in [2.45, 2.75) is 19.1 Å². The van der Waals surface area contributed by atoms with Gasteiger partial charge in [0.1, 0.15) is 22.8 Å². The van der Waals surface area contributed by atoms with Crippen molar-refractivity contribution in [3.63, 3.8) is 0 Å². The fourth-order valence-electron chi connectivity index (χ4n) is 3.25. The lowest BCUT2D eigenvalue weighted by atomic mass is 10.1. The standard InChI is InChI=1S/C18H19ClN8O/c1-11-8-26(9-14(28-11)12(4-20)5-21)16-2-3-22-18(25-16)13-6-24-17-7-23-15(19)10-27(13)17/h2-7,10-11,14,20H,8-9,21H2,1H3/b12-5+,20-4?. The largest absolute Gasteiger partial charge is 0.404 e. The van der Waals surface area contributed by atoms with Gasteiger partial charge in [-0.25, -0.2) is 19.9 Å². The van der Waals surface area contributed by atoms with Crippen LogP contribution in [0.5, 0.6) is 0 Å². The molecule has 1 aliphatic heterocycles. The quantitative estimate of drug-likeness (QED) is 0.644. The molecule has 144 valence electrons. The number of aromatic nitrogens is 5. The number of nitrogens with zero attached hydrogens (tertiary/aromatic N) is 6. The first-order valence-corrected chi connectivity index (χ1v) is 9.11. The Morgan fingerprint density at radius 1 is 1.32 bits per heavy atom. The van der Waals surface area contributed by atoms with Crippen LogP contribution in [0, 0.1) is 5.41 Å². The number of ether oxygens (including phenoxy) is 1. The number of imidazole rings is 1. The van der Waals surface area contributed by atoms with Crippen LogP contribution < -0.4 is 10.6 Å². The molecule has 1 fully saturated rings. The van der Waals surface area contributed by atoms with Crippen LogP contribution >= 0.6 is 11.6 Å². The highest BCUT2D eigenvalue weighted by Crippen LogP contribution is 2.24. The normalized spacial score (nSPS) is 20.5. The van der Waals surface area contributed by atoms with E-state index in [4.69, 9.17) is 32.5 Å². The molecule has 3 aromatic rings. The Morgan fingerprint density at radius 2 is 2.18 bits per heavy atom. The fourth-order valence-corrected chi connectivity index (χ4v) is 3.40. The number of anilines is 1. The minimum atomic E-state index is -0.287. The van der Waals surface area contributed by atoms with Gasteiger partial charge in [-0.2, -0.15) is 0 Å². The zero-order valence-corrected chi connectivity index (χ0v) is 15.9. The smallest absolute Gasteiger partial charge is 0.180 e. The van der Waals surface area contributed by atoms with Crippen molar-refractivity contribution in [1.82, 2.24) is 24.3 Å². The van der Waals surface area contributed by atoms with Crippen molar-refractivity contribution >= 4 is 29.3 Å². The van der Waals surface area contributed by atoms with E-state index in [9.17, 15) is 0 Å². The maximum atomic E-state index is 7.53. The van der Waals surface area contributed by atoms with E-state index in [-0.39, 0.29) is 12.2 Å². The highest BCUT2D eigenvalue weighted by molar-refractivity contribution is 6.29. The van der Waals surface area contributed by atoms with Crippen molar-refractivity contribution in [3.05, 3.63) is 47.8 Å². The van der Waals surface area contributed by atoms with E-state index < -0.39 is 0 Å². The molecule has 28 heavy (non-hydrogen) atoms. The molecule has 3 aromatic heterocycles. The molecule has 10 heteroatoms. The summed E-state index contributed by atoms with van der Waals surface area (Å²) in [5.41, 5.74) is 7.66. The molecule has 9 nitrogen and oxygen atoms in total. The van der Waals surface area contributed by atoms with Gasteiger partial charge < -0.3 is 20.8 Å². The topological polar surface area (TPSA) is 118 Å². The molecule has 0 amide bonds. The zero-order chi connectivity index (χ0) is 19.7. The minimum absolute atomic E-state index is 0.0345. The van der Waals surface area contributed by atoms with Gasteiger partial charge in [-0.1, -0.05) is 11.6 Å². The summed E-state index contributed by atoms with van der Waals surface area (Å²) in [6, 6.07) is 1.85. The van der Waals surface area contributed by atoms with Crippen LogP contribution in [-0.4, -0.2) is 55.8 Å². The van der Waals surface area contributed by atoms with Crippen molar-refractivity contribution in [1.29, 1.82) is 5.41 Å². The molecule has 2 atom stereocenters. The summed E-state index contributed by atoms with van der Waals surface area (Å²) in [7, 11) is 0. The van der Waals surface area contributed by atoms with Gasteiger partial charge in [0.15, 0.2) is 11.5 Å². The third-order valence-corrected chi connectivity index (χ3v) is 4.74. The second kappa shape index (κ2) is 7.53. The molecule has 2 unspecified atom stereocenters. The lowest BCUT2D eigenvalue weighted by Crippen LogP contribution is -2.48. The summed E-state index contributed by atoms with van der Waals surface area (Å²) >= 11 is 6.02. The maximum absolute atomic E-state index is 7.53. The van der Waals surface area contributed by atoms with Gasteiger partial charge in [-0.05, 0) is 13.0 Å². The average Bonchev–Trinajstić information content (AvgIpc) is 3.12. The molecule has 4 rings (SSSR count). The summed E-state index contributed by atoms with van der Waals surface area (Å²) in [6.07, 6.45) is 9.01. The molecular weight excluding hydrogens is 380 g/mol. The van der Waals surface area contributed by atoms with Gasteiger partial charge in [0.2, 0.25) is 0 Å². The Kier molecular flexibility index (Phi) is 4.93. The number of hydrogen-bond donors (Lipinski definition) is 2. The predicted molar refractivity (Wildman–Crippen MR) is 107 cm³/mol. The van der Waals surface area contributed by atoms with Gasteiger partial charge in [0.05, 0.1) is 25.0 Å². The molecule has 0 saturated carbocycles. The number of nitrogens with one attached hydrogen (secondary N) is 1. The monoisotopic (exact) mass is 398 g/mol. The maximum Gasteiger partial charge on any atom is 0.180 e. The second-order valence-corrected chi connectivity index (χ2v) is 6.86. The van der Waals surface area contributed by atoms with E-state index in [1.165, 1.54) is 12.4 Å². The highest BCUT2D eigenvalue weighted by atomic mass is 35.5. The summed E-state index contributed by atoms with van der Waals surface area (Å²) in [6.45, 7) is 3.20. The first kappa shape index (κ1) is 18.3. The minimum Gasteiger partial charge on any atom is -0.404 e. The molecule has 0 aliphatic carbocycles. The number of halogens is 1. The number of morpholine rings is 1. The van der Waals surface area contributed by atoms with E-state index in [0.717, 1.165) is 11.5 Å². The number of fused-ring (bicyclic) bond motifs is 1. The van der Waals surface area contributed by atoms with Crippen LogP contribution in [0.2, 0.25) is 5.15 Å². The number of rotatable bonds is 4. The lowest BCUT2D eigenvalue weighted by molar-refractivity contribution is 0.00689. The molecule has 0 bridgehead atoms. The lowest BCUT2D eigenvalue weighted by Gasteiger charge is -2.37. The van der Waals surface area contributed by atoms with Gasteiger partial charge in [0.25, 0.3) is 0 Å². The van der Waals surface area contributed by atoms with E-state index in [0.29, 0.717) is 35.3 Å². The molecule has 3 N–H and O–H groups in total. The SMILES string of the molecule is CC1CN(c2ccnc(-c3cnc4cnc(Cl)cn34)n2)CC(/C(C=N)=C/N)O1. The molecule has 0 aromatic carbocycles. The van der Waals surface area contributed by atoms with Crippen LogP contribution in [0.15, 0.2) is 42.6 Å². The van der Waals surface area contributed by atoms with E-state index in [2.05, 4.69) is 19.9 Å². The van der Waals surface area contributed by atoms with E-state index in [1.807, 2.05) is 17.4 Å². The Bertz CT molecular complexity index is 1050. The molecule has 4 heterocycles. The molecule has 1 aliphatic rings. The van der Waals surface area contributed by atoms with E-state index in [1.54, 1.807) is 24.8 Å². The van der Waals surface area contributed by atoms with Gasteiger partial charge >= 0.3 is 0 Å². The fraction of sp³-hybridized carbons (Fsp3) is 0.278.